The molecule has 1 atom stereocenters. The Labute approximate surface area is 182 Å². The number of urea groups is 1. The Hall–Kier alpha value is -3.22. The molecule has 0 fully saturated rings. The zero-order valence-corrected chi connectivity index (χ0v) is 18.6. The molecule has 3 amide bonds. The number of benzene rings is 2. The van der Waals surface area contributed by atoms with Gasteiger partial charge in [-0.15, -0.1) is 0 Å². The molecule has 0 aliphatic carbocycles. The number of hydrogen-bond acceptors (Lipinski definition) is 3. The molecule has 1 heterocycles. The van der Waals surface area contributed by atoms with E-state index in [4.69, 9.17) is 0 Å². The van der Waals surface area contributed by atoms with E-state index < -0.39 is 5.54 Å². The molecule has 0 unspecified atom stereocenters. The van der Waals surface area contributed by atoms with Crippen molar-refractivity contribution in [2.24, 2.45) is 5.10 Å². The monoisotopic (exact) mass is 424 g/mol. The summed E-state index contributed by atoms with van der Waals surface area (Å²) in [5.41, 5.74) is 2.50. The molecule has 2 aromatic rings. The fraction of sp³-hybridized carbons (Fsp3) is 0.375. The van der Waals surface area contributed by atoms with Gasteiger partial charge in [0, 0.05) is 24.6 Å². The van der Waals surface area contributed by atoms with Crippen molar-refractivity contribution >= 4 is 17.6 Å². The van der Waals surface area contributed by atoms with Gasteiger partial charge in [-0.05, 0) is 39.3 Å². The van der Waals surface area contributed by atoms with Crippen LogP contribution in [0.15, 0.2) is 53.6 Å². The van der Waals surface area contributed by atoms with Crippen LogP contribution in [-0.2, 0) is 4.79 Å². The summed E-state index contributed by atoms with van der Waals surface area (Å²) in [6, 6.07) is 13.6. The smallest absolute Gasteiger partial charge is 0.318 e. The van der Waals surface area contributed by atoms with Crippen molar-refractivity contribution in [2.75, 3.05) is 13.6 Å². The second-order valence-corrected chi connectivity index (χ2v) is 8.93. The number of hydrogen-bond donors (Lipinski definition) is 1. The molecule has 1 N–H and O–H groups in total. The van der Waals surface area contributed by atoms with Gasteiger partial charge in [0.2, 0.25) is 0 Å². The van der Waals surface area contributed by atoms with E-state index in [1.54, 1.807) is 25.2 Å². The molecule has 0 saturated carbocycles. The maximum Gasteiger partial charge on any atom is 0.318 e. The van der Waals surface area contributed by atoms with Crippen LogP contribution in [0.5, 0.6) is 0 Å². The van der Waals surface area contributed by atoms with Crippen LogP contribution >= 0.6 is 0 Å². The van der Waals surface area contributed by atoms with Gasteiger partial charge in [-0.1, -0.05) is 48.0 Å². The van der Waals surface area contributed by atoms with Crippen LogP contribution in [0.1, 0.15) is 49.9 Å². The SMILES string of the molecule is Cc1ccc([C@H]2CC(c3ccccc3F)=NN2C(=O)CN(C)C(=O)NC(C)(C)C)cc1. The Kier molecular flexibility index (Phi) is 6.43. The molecule has 3 rings (SSSR count). The van der Waals surface area contributed by atoms with Crippen LogP contribution in [-0.4, -0.2) is 46.7 Å². The number of rotatable bonds is 4. The standard InChI is InChI=1S/C24H29FN4O2/c1-16-10-12-17(13-11-16)21-14-20(18-8-6-7-9-19(18)25)27-29(21)22(30)15-28(5)23(31)26-24(2,3)4/h6-13,21H,14-15H2,1-5H3,(H,26,31)/t21-/m1/s1. The summed E-state index contributed by atoms with van der Waals surface area (Å²) < 4.78 is 14.4. The number of likely N-dealkylation sites (N-methyl/N-ethyl adjacent to an activating group) is 1. The second kappa shape index (κ2) is 8.88. The average Bonchev–Trinajstić information content (AvgIpc) is 3.13. The Bertz CT molecular complexity index is 995. The molecule has 0 radical (unpaired) electrons. The van der Waals surface area contributed by atoms with E-state index in [1.807, 2.05) is 52.0 Å². The number of aryl methyl sites for hydroxylation is 1. The first-order valence-corrected chi connectivity index (χ1v) is 10.3. The molecule has 7 heteroatoms. The third-order valence-electron chi connectivity index (χ3n) is 5.01. The first-order chi connectivity index (χ1) is 14.5. The number of carbonyl (C=O) groups excluding carboxylic acids is 2. The lowest BCUT2D eigenvalue weighted by atomic mass is 9.97. The second-order valence-electron chi connectivity index (χ2n) is 8.93. The van der Waals surface area contributed by atoms with Crippen molar-refractivity contribution in [3.8, 4) is 0 Å². The molecule has 0 saturated heterocycles. The first kappa shape index (κ1) is 22.5. The van der Waals surface area contributed by atoms with E-state index in [1.165, 1.54) is 16.0 Å². The average molecular weight is 425 g/mol. The zero-order valence-electron chi connectivity index (χ0n) is 18.6. The quantitative estimate of drug-likeness (QED) is 0.797. The summed E-state index contributed by atoms with van der Waals surface area (Å²) in [4.78, 5) is 26.9. The topological polar surface area (TPSA) is 65.0 Å². The lowest BCUT2D eigenvalue weighted by molar-refractivity contribution is -0.133. The van der Waals surface area contributed by atoms with Crippen molar-refractivity contribution in [1.82, 2.24) is 15.2 Å². The van der Waals surface area contributed by atoms with Gasteiger partial charge in [-0.2, -0.15) is 5.10 Å². The molecule has 164 valence electrons. The van der Waals surface area contributed by atoms with Crippen molar-refractivity contribution in [2.45, 2.75) is 45.7 Å². The summed E-state index contributed by atoms with van der Waals surface area (Å²) in [6.07, 6.45) is 0.396. The molecule has 2 aromatic carbocycles. The third kappa shape index (κ3) is 5.48. The van der Waals surface area contributed by atoms with E-state index in [-0.39, 0.29) is 30.3 Å². The van der Waals surface area contributed by atoms with Crippen LogP contribution < -0.4 is 5.32 Å². The number of hydrazone groups is 1. The fourth-order valence-electron chi connectivity index (χ4n) is 3.41. The number of nitrogens with one attached hydrogen (secondary N) is 1. The van der Waals surface area contributed by atoms with E-state index in [0.29, 0.717) is 17.7 Å². The highest BCUT2D eigenvalue weighted by Crippen LogP contribution is 2.33. The van der Waals surface area contributed by atoms with Crippen LogP contribution in [0.2, 0.25) is 0 Å². The van der Waals surface area contributed by atoms with Gasteiger partial charge in [0.1, 0.15) is 12.4 Å². The predicted octanol–water partition coefficient (Wildman–Crippen LogP) is 4.25. The largest absolute Gasteiger partial charge is 0.333 e. The highest BCUT2D eigenvalue weighted by Gasteiger charge is 2.34. The Balaban J connectivity index is 1.86. The molecule has 0 spiro atoms. The molecule has 0 aromatic heterocycles. The van der Waals surface area contributed by atoms with Crippen LogP contribution in [0.25, 0.3) is 0 Å². The molecule has 1 aliphatic rings. The summed E-state index contributed by atoms with van der Waals surface area (Å²) in [5, 5.41) is 8.71. The minimum Gasteiger partial charge on any atom is -0.333 e. The van der Waals surface area contributed by atoms with Crippen LogP contribution in [0, 0.1) is 12.7 Å². The van der Waals surface area contributed by atoms with Gasteiger partial charge in [0.05, 0.1) is 11.8 Å². The molecular formula is C24H29FN4O2. The van der Waals surface area contributed by atoms with Gasteiger partial charge >= 0.3 is 6.03 Å². The van der Waals surface area contributed by atoms with E-state index in [2.05, 4.69) is 10.4 Å². The van der Waals surface area contributed by atoms with E-state index >= 15 is 0 Å². The van der Waals surface area contributed by atoms with Crippen LogP contribution in [0.3, 0.4) is 0 Å². The van der Waals surface area contributed by atoms with Gasteiger partial charge in [0.25, 0.3) is 5.91 Å². The summed E-state index contributed by atoms with van der Waals surface area (Å²) in [7, 11) is 1.57. The summed E-state index contributed by atoms with van der Waals surface area (Å²) in [6.45, 7) is 7.47. The Morgan fingerprint density at radius 3 is 2.42 bits per heavy atom. The van der Waals surface area contributed by atoms with Gasteiger partial charge in [-0.25, -0.2) is 14.2 Å². The number of nitrogens with zero attached hydrogens (tertiary/aromatic N) is 3. The molecule has 6 nitrogen and oxygen atoms in total. The highest BCUT2D eigenvalue weighted by atomic mass is 19.1. The number of amides is 3. The Morgan fingerprint density at radius 2 is 1.81 bits per heavy atom. The minimum absolute atomic E-state index is 0.141. The Morgan fingerprint density at radius 1 is 1.16 bits per heavy atom. The molecule has 31 heavy (non-hydrogen) atoms. The number of halogens is 1. The maximum absolute atomic E-state index is 14.4. The van der Waals surface area contributed by atoms with Crippen LogP contribution in [0.4, 0.5) is 9.18 Å². The normalized spacial score (nSPS) is 16.1. The highest BCUT2D eigenvalue weighted by molar-refractivity contribution is 6.03. The van der Waals surface area contributed by atoms with Gasteiger partial charge in [-0.3, -0.25) is 4.79 Å². The number of carbonyl (C=O) groups is 2. The van der Waals surface area contributed by atoms with Gasteiger partial charge in [0.15, 0.2) is 0 Å². The lowest BCUT2D eigenvalue weighted by Gasteiger charge is -2.28. The van der Waals surface area contributed by atoms with Crippen molar-refractivity contribution < 1.29 is 14.0 Å². The summed E-state index contributed by atoms with van der Waals surface area (Å²) in [5.74, 6) is -0.705. The fourth-order valence-corrected chi connectivity index (χ4v) is 3.41. The third-order valence-corrected chi connectivity index (χ3v) is 5.01. The molecule has 0 bridgehead atoms. The predicted molar refractivity (Wildman–Crippen MR) is 119 cm³/mol. The lowest BCUT2D eigenvalue weighted by Crippen LogP contribution is -2.49. The minimum atomic E-state index is -0.414. The van der Waals surface area contributed by atoms with Crippen molar-refractivity contribution in [1.29, 1.82) is 0 Å². The summed E-state index contributed by atoms with van der Waals surface area (Å²) >= 11 is 0. The van der Waals surface area contributed by atoms with Gasteiger partial charge < -0.3 is 10.2 Å². The molecule has 1 aliphatic heterocycles. The first-order valence-electron chi connectivity index (χ1n) is 10.3. The zero-order chi connectivity index (χ0) is 22.8. The van der Waals surface area contributed by atoms with Crippen molar-refractivity contribution in [3.05, 3.63) is 71.0 Å². The van der Waals surface area contributed by atoms with E-state index in [9.17, 15) is 14.0 Å². The molecular weight excluding hydrogens is 395 g/mol. The van der Waals surface area contributed by atoms with E-state index in [0.717, 1.165) is 11.1 Å². The van der Waals surface area contributed by atoms with Crippen molar-refractivity contribution in [3.63, 3.8) is 0 Å². The maximum atomic E-state index is 14.4.